The van der Waals surface area contributed by atoms with Gasteiger partial charge in [-0.15, -0.1) is 0 Å². The number of hydrogen-bond acceptors (Lipinski definition) is 4. The lowest BCUT2D eigenvalue weighted by atomic mass is 9.91. The number of thioether (sulfide) groups is 1. The molecule has 1 aromatic rings. The predicted octanol–water partition coefficient (Wildman–Crippen LogP) is 3.77. The fourth-order valence-corrected chi connectivity index (χ4v) is 3.55. The van der Waals surface area contributed by atoms with Gasteiger partial charge in [-0.05, 0) is 30.7 Å². The van der Waals surface area contributed by atoms with E-state index in [-0.39, 0.29) is 5.41 Å². The van der Waals surface area contributed by atoms with E-state index in [1.807, 2.05) is 32.5 Å². The van der Waals surface area contributed by atoms with E-state index in [0.717, 1.165) is 12.2 Å². The molecule has 1 atom stereocenters. The van der Waals surface area contributed by atoms with Crippen LogP contribution in [0.2, 0.25) is 0 Å². The van der Waals surface area contributed by atoms with Crippen molar-refractivity contribution < 1.29 is 9.90 Å². The molecule has 1 saturated heterocycles. The van der Waals surface area contributed by atoms with Crippen LogP contribution >= 0.6 is 11.8 Å². The largest absolute Gasteiger partial charge is 0.478 e. The van der Waals surface area contributed by atoms with Crippen molar-refractivity contribution in [3.63, 3.8) is 0 Å². The highest BCUT2D eigenvalue weighted by Crippen LogP contribution is 2.26. The van der Waals surface area contributed by atoms with E-state index in [0.29, 0.717) is 16.6 Å². The number of anilines is 1. The Morgan fingerprint density at radius 1 is 1.43 bits per heavy atom. The molecule has 2 heterocycles. The Hall–Kier alpha value is -1.23. The molecular formula is C16H24N2O2S. The molecule has 0 saturated carbocycles. The normalized spacial score (nSPS) is 19.3. The van der Waals surface area contributed by atoms with Gasteiger partial charge in [0.1, 0.15) is 5.82 Å². The summed E-state index contributed by atoms with van der Waals surface area (Å²) in [4.78, 5) is 15.9. The Bertz CT molecular complexity index is 505. The van der Waals surface area contributed by atoms with E-state index in [2.05, 4.69) is 10.3 Å². The summed E-state index contributed by atoms with van der Waals surface area (Å²) in [6, 6.07) is 3.30. The van der Waals surface area contributed by atoms with Crippen molar-refractivity contribution in [3.8, 4) is 0 Å². The topological polar surface area (TPSA) is 62.2 Å². The first-order chi connectivity index (χ1) is 9.86. The second-order valence-electron chi connectivity index (χ2n) is 6.55. The number of carboxylic acid groups (broad SMARTS) is 1. The van der Waals surface area contributed by atoms with Crippen LogP contribution in [0.4, 0.5) is 5.82 Å². The molecule has 2 N–H and O–H groups in total. The molecule has 0 aliphatic carbocycles. The molecule has 1 aliphatic rings. The third kappa shape index (κ3) is 4.63. The summed E-state index contributed by atoms with van der Waals surface area (Å²) >= 11 is 2.00. The Labute approximate surface area is 130 Å². The molecule has 2 rings (SSSR count). The fraction of sp³-hybridized carbons (Fsp3) is 0.625. The highest BCUT2D eigenvalue weighted by Gasteiger charge is 2.20. The summed E-state index contributed by atoms with van der Waals surface area (Å²) in [6.45, 7) is 6.98. The van der Waals surface area contributed by atoms with Crippen LogP contribution in [0.1, 0.15) is 56.1 Å². The zero-order valence-electron chi connectivity index (χ0n) is 13.0. The van der Waals surface area contributed by atoms with Gasteiger partial charge in [0.15, 0.2) is 0 Å². The molecule has 5 heteroatoms. The number of carboxylic acids is 1. The summed E-state index contributed by atoms with van der Waals surface area (Å²) in [6.07, 6.45) is 3.82. The van der Waals surface area contributed by atoms with Crippen LogP contribution in [-0.2, 0) is 5.41 Å². The quantitative estimate of drug-likeness (QED) is 0.886. The first-order valence-corrected chi connectivity index (χ1v) is 8.52. The molecule has 116 valence electrons. The average Bonchev–Trinajstić information content (AvgIpc) is 2.45. The van der Waals surface area contributed by atoms with Crippen molar-refractivity contribution in [1.29, 1.82) is 0 Å². The van der Waals surface area contributed by atoms with E-state index >= 15 is 0 Å². The molecule has 0 amide bonds. The van der Waals surface area contributed by atoms with E-state index in [9.17, 15) is 9.90 Å². The van der Waals surface area contributed by atoms with E-state index in [1.54, 1.807) is 12.1 Å². The summed E-state index contributed by atoms with van der Waals surface area (Å²) < 4.78 is 0. The third-order valence-electron chi connectivity index (χ3n) is 3.63. The predicted molar refractivity (Wildman–Crippen MR) is 88.5 cm³/mol. The van der Waals surface area contributed by atoms with E-state index in [4.69, 9.17) is 0 Å². The smallest absolute Gasteiger partial charge is 0.335 e. The number of aromatic carboxylic acids is 1. The highest BCUT2D eigenvalue weighted by atomic mass is 32.2. The zero-order chi connectivity index (χ0) is 15.5. The maximum absolute atomic E-state index is 11.3. The Balaban J connectivity index is 2.13. The molecule has 21 heavy (non-hydrogen) atoms. The van der Waals surface area contributed by atoms with Gasteiger partial charge in [0.25, 0.3) is 0 Å². The Kier molecular flexibility index (Phi) is 5.14. The maximum Gasteiger partial charge on any atom is 0.335 e. The lowest BCUT2D eigenvalue weighted by Gasteiger charge is -2.23. The van der Waals surface area contributed by atoms with Crippen molar-refractivity contribution >= 4 is 23.5 Å². The molecule has 1 aromatic heterocycles. The maximum atomic E-state index is 11.3. The molecule has 0 aromatic carbocycles. The summed E-state index contributed by atoms with van der Waals surface area (Å²) in [5.41, 5.74) is 0.941. The minimum Gasteiger partial charge on any atom is -0.478 e. The number of hydrogen-bond donors (Lipinski definition) is 2. The number of nitrogens with zero attached hydrogens (tertiary/aromatic N) is 1. The standard InChI is InChI=1S/C16H24N2O2S/c1-16(2,3)13-8-11(15(19)20)9-14(18-13)17-10-12-6-4-5-7-21-12/h8-9,12H,4-7,10H2,1-3H3,(H,17,18)(H,19,20). The van der Waals surface area contributed by atoms with Crippen molar-refractivity contribution in [1.82, 2.24) is 4.98 Å². The summed E-state index contributed by atoms with van der Waals surface area (Å²) in [7, 11) is 0. The Morgan fingerprint density at radius 3 is 2.76 bits per heavy atom. The van der Waals surface area contributed by atoms with Gasteiger partial charge in [-0.2, -0.15) is 11.8 Å². The number of carbonyl (C=O) groups is 1. The van der Waals surface area contributed by atoms with Gasteiger partial charge in [0, 0.05) is 22.9 Å². The molecule has 1 unspecified atom stereocenters. The number of aromatic nitrogens is 1. The molecule has 1 fully saturated rings. The van der Waals surface area contributed by atoms with Crippen molar-refractivity contribution in [2.24, 2.45) is 0 Å². The monoisotopic (exact) mass is 308 g/mol. The van der Waals surface area contributed by atoms with Gasteiger partial charge < -0.3 is 10.4 Å². The van der Waals surface area contributed by atoms with Crippen LogP contribution in [0.3, 0.4) is 0 Å². The van der Waals surface area contributed by atoms with Crippen LogP contribution in [0.15, 0.2) is 12.1 Å². The minimum atomic E-state index is -0.905. The first-order valence-electron chi connectivity index (χ1n) is 7.47. The second kappa shape index (κ2) is 6.69. The zero-order valence-corrected chi connectivity index (χ0v) is 13.8. The highest BCUT2D eigenvalue weighted by molar-refractivity contribution is 7.99. The van der Waals surface area contributed by atoms with Gasteiger partial charge in [-0.25, -0.2) is 9.78 Å². The average molecular weight is 308 g/mol. The second-order valence-corrected chi connectivity index (χ2v) is 7.96. The lowest BCUT2D eigenvalue weighted by Crippen LogP contribution is -2.22. The van der Waals surface area contributed by atoms with Crippen LogP contribution in [0.5, 0.6) is 0 Å². The lowest BCUT2D eigenvalue weighted by molar-refractivity contribution is 0.0696. The van der Waals surface area contributed by atoms with Gasteiger partial charge in [-0.3, -0.25) is 0 Å². The van der Waals surface area contributed by atoms with Crippen LogP contribution in [0, 0.1) is 0 Å². The van der Waals surface area contributed by atoms with Gasteiger partial charge >= 0.3 is 5.97 Å². The molecule has 0 spiro atoms. The summed E-state index contributed by atoms with van der Waals surface area (Å²) in [5, 5.41) is 13.2. The SMILES string of the molecule is CC(C)(C)c1cc(C(=O)O)cc(NCC2CCCCS2)n1. The van der Waals surface area contributed by atoms with Crippen molar-refractivity contribution in [2.75, 3.05) is 17.6 Å². The van der Waals surface area contributed by atoms with Crippen LogP contribution < -0.4 is 5.32 Å². The van der Waals surface area contributed by atoms with Crippen molar-refractivity contribution in [2.45, 2.75) is 50.7 Å². The van der Waals surface area contributed by atoms with Crippen LogP contribution in [-0.4, -0.2) is 33.6 Å². The summed E-state index contributed by atoms with van der Waals surface area (Å²) in [5.74, 6) is 0.992. The number of nitrogens with one attached hydrogen (secondary N) is 1. The van der Waals surface area contributed by atoms with E-state index < -0.39 is 5.97 Å². The molecule has 0 radical (unpaired) electrons. The van der Waals surface area contributed by atoms with Crippen LogP contribution in [0.25, 0.3) is 0 Å². The molecule has 0 bridgehead atoms. The third-order valence-corrected chi connectivity index (χ3v) is 5.02. The molecule has 1 aliphatic heterocycles. The molecule has 4 nitrogen and oxygen atoms in total. The van der Waals surface area contributed by atoms with E-state index in [1.165, 1.54) is 25.0 Å². The Morgan fingerprint density at radius 2 is 2.19 bits per heavy atom. The first kappa shape index (κ1) is 16.1. The number of rotatable bonds is 4. The van der Waals surface area contributed by atoms with Gasteiger partial charge in [0.2, 0.25) is 0 Å². The fourth-order valence-electron chi connectivity index (χ4n) is 2.32. The minimum absolute atomic E-state index is 0.165. The molecular weight excluding hydrogens is 284 g/mol. The van der Waals surface area contributed by atoms with Gasteiger partial charge in [0.05, 0.1) is 5.56 Å². The van der Waals surface area contributed by atoms with Gasteiger partial charge in [-0.1, -0.05) is 27.2 Å². The number of pyridine rings is 1. The van der Waals surface area contributed by atoms with Crippen molar-refractivity contribution in [3.05, 3.63) is 23.4 Å².